The monoisotopic (exact) mass is 288 g/mol. The van der Waals surface area contributed by atoms with Gasteiger partial charge in [-0.25, -0.2) is 0 Å². The summed E-state index contributed by atoms with van der Waals surface area (Å²) in [7, 11) is 0. The van der Waals surface area contributed by atoms with Crippen LogP contribution in [0.15, 0.2) is 34.9 Å². The van der Waals surface area contributed by atoms with Crippen LogP contribution >= 0.6 is 0 Å². The molecule has 1 amide bonds. The van der Waals surface area contributed by atoms with E-state index in [4.69, 9.17) is 9.63 Å². The van der Waals surface area contributed by atoms with Crippen LogP contribution < -0.4 is 4.90 Å². The third-order valence-corrected chi connectivity index (χ3v) is 3.05. The molecule has 0 radical (unpaired) electrons. The molecule has 21 heavy (non-hydrogen) atoms. The highest BCUT2D eigenvalue weighted by atomic mass is 16.5. The van der Waals surface area contributed by atoms with E-state index in [1.54, 1.807) is 19.1 Å². The fourth-order valence-electron chi connectivity index (χ4n) is 2.01. The van der Waals surface area contributed by atoms with E-state index in [2.05, 4.69) is 5.16 Å². The molecular weight excluding hydrogens is 272 g/mol. The smallest absolute Gasteiger partial charge is 0.305 e. The van der Waals surface area contributed by atoms with E-state index in [1.807, 2.05) is 19.1 Å². The van der Waals surface area contributed by atoms with Gasteiger partial charge in [-0.05, 0) is 25.5 Å². The lowest BCUT2D eigenvalue weighted by Crippen LogP contribution is -2.33. The number of para-hydroxylation sites is 1. The topological polar surface area (TPSA) is 83.6 Å². The first kappa shape index (κ1) is 14.8. The molecule has 0 atom stereocenters. The Balaban J connectivity index is 2.34. The quantitative estimate of drug-likeness (QED) is 0.913. The van der Waals surface area contributed by atoms with Gasteiger partial charge < -0.3 is 14.5 Å². The lowest BCUT2D eigenvalue weighted by Gasteiger charge is -2.22. The van der Waals surface area contributed by atoms with Crippen molar-refractivity contribution in [2.45, 2.75) is 20.3 Å². The van der Waals surface area contributed by atoms with Crippen molar-refractivity contribution in [1.82, 2.24) is 5.16 Å². The van der Waals surface area contributed by atoms with Crippen molar-refractivity contribution in [3.8, 4) is 0 Å². The van der Waals surface area contributed by atoms with Crippen molar-refractivity contribution < 1.29 is 19.2 Å². The number of hydrogen-bond acceptors (Lipinski definition) is 4. The van der Waals surface area contributed by atoms with E-state index < -0.39 is 5.97 Å². The molecule has 0 aliphatic heterocycles. The molecule has 0 spiro atoms. The number of rotatable bonds is 5. The van der Waals surface area contributed by atoms with Gasteiger partial charge in [0.1, 0.15) is 5.76 Å². The predicted molar refractivity (Wildman–Crippen MR) is 76.3 cm³/mol. The summed E-state index contributed by atoms with van der Waals surface area (Å²) >= 11 is 0. The van der Waals surface area contributed by atoms with Crippen molar-refractivity contribution in [2.75, 3.05) is 11.4 Å². The van der Waals surface area contributed by atoms with E-state index in [-0.39, 0.29) is 24.6 Å². The average molecular weight is 288 g/mol. The number of nitrogens with zero attached hydrogens (tertiary/aromatic N) is 2. The summed E-state index contributed by atoms with van der Waals surface area (Å²) < 4.78 is 4.91. The van der Waals surface area contributed by atoms with Crippen molar-refractivity contribution in [3.63, 3.8) is 0 Å². The van der Waals surface area contributed by atoms with Crippen LogP contribution in [0.25, 0.3) is 0 Å². The lowest BCUT2D eigenvalue weighted by atomic mass is 10.1. The van der Waals surface area contributed by atoms with Gasteiger partial charge in [-0.2, -0.15) is 0 Å². The highest BCUT2D eigenvalue weighted by Crippen LogP contribution is 2.22. The van der Waals surface area contributed by atoms with Gasteiger partial charge in [0.2, 0.25) is 0 Å². The molecule has 6 heteroatoms. The SMILES string of the molecule is Cc1cc(C(=O)N(CCC(=O)O)c2ccccc2C)no1. The number of aryl methyl sites for hydroxylation is 2. The standard InChI is InChI=1S/C15H16N2O4/c1-10-5-3-4-6-13(10)17(8-7-14(18)19)15(20)12-9-11(2)21-16-12/h3-6,9H,7-8H2,1-2H3,(H,18,19). The molecule has 0 aliphatic carbocycles. The number of amides is 1. The zero-order valence-corrected chi connectivity index (χ0v) is 11.9. The molecule has 0 bridgehead atoms. The number of aliphatic carboxylic acids is 1. The fraction of sp³-hybridized carbons (Fsp3) is 0.267. The van der Waals surface area contributed by atoms with Gasteiger partial charge in [-0.15, -0.1) is 0 Å². The minimum Gasteiger partial charge on any atom is -0.481 e. The Bertz CT molecular complexity index is 663. The molecule has 0 aliphatic rings. The van der Waals surface area contributed by atoms with Crippen LogP contribution in [0.3, 0.4) is 0 Å². The molecule has 0 saturated carbocycles. The maximum absolute atomic E-state index is 12.5. The number of hydrogen-bond donors (Lipinski definition) is 1. The minimum absolute atomic E-state index is 0.0743. The molecule has 0 unspecified atom stereocenters. The Morgan fingerprint density at radius 2 is 2.00 bits per heavy atom. The van der Waals surface area contributed by atoms with Crippen LogP contribution in [0.5, 0.6) is 0 Å². The molecule has 0 fully saturated rings. The highest BCUT2D eigenvalue weighted by molar-refractivity contribution is 6.05. The summed E-state index contributed by atoms with van der Waals surface area (Å²) in [6.07, 6.45) is -0.142. The van der Waals surface area contributed by atoms with Gasteiger partial charge in [-0.1, -0.05) is 23.4 Å². The first-order valence-corrected chi connectivity index (χ1v) is 6.51. The van der Waals surface area contributed by atoms with Crippen molar-refractivity contribution in [1.29, 1.82) is 0 Å². The molecule has 110 valence electrons. The maximum atomic E-state index is 12.5. The zero-order valence-electron chi connectivity index (χ0n) is 11.9. The summed E-state index contributed by atoms with van der Waals surface area (Å²) in [6.45, 7) is 3.63. The number of carboxylic acid groups (broad SMARTS) is 1. The van der Waals surface area contributed by atoms with Crippen LogP contribution in [0.1, 0.15) is 28.2 Å². The normalized spacial score (nSPS) is 10.4. The molecule has 2 rings (SSSR count). The van der Waals surface area contributed by atoms with Crippen LogP contribution in [0.2, 0.25) is 0 Å². The van der Waals surface area contributed by atoms with E-state index in [9.17, 15) is 9.59 Å². The number of benzene rings is 1. The van der Waals surface area contributed by atoms with E-state index in [0.29, 0.717) is 11.4 Å². The largest absolute Gasteiger partial charge is 0.481 e. The van der Waals surface area contributed by atoms with E-state index in [1.165, 1.54) is 11.0 Å². The lowest BCUT2D eigenvalue weighted by molar-refractivity contribution is -0.136. The number of carbonyl (C=O) groups is 2. The van der Waals surface area contributed by atoms with Gasteiger partial charge >= 0.3 is 5.97 Å². The second-order valence-electron chi connectivity index (χ2n) is 4.71. The average Bonchev–Trinajstić information content (AvgIpc) is 2.87. The summed E-state index contributed by atoms with van der Waals surface area (Å²) in [6, 6.07) is 8.84. The first-order chi connectivity index (χ1) is 9.99. The summed E-state index contributed by atoms with van der Waals surface area (Å²) in [4.78, 5) is 24.8. The van der Waals surface area contributed by atoms with Crippen LogP contribution in [0.4, 0.5) is 5.69 Å². The number of carboxylic acids is 1. The second-order valence-corrected chi connectivity index (χ2v) is 4.71. The van der Waals surface area contributed by atoms with Crippen molar-refractivity contribution in [2.24, 2.45) is 0 Å². The minimum atomic E-state index is -0.960. The molecule has 1 N–H and O–H groups in total. The van der Waals surface area contributed by atoms with Gasteiger partial charge in [0.05, 0.1) is 6.42 Å². The number of anilines is 1. The van der Waals surface area contributed by atoms with Gasteiger partial charge in [0, 0.05) is 18.3 Å². The first-order valence-electron chi connectivity index (χ1n) is 6.51. The Morgan fingerprint density at radius 3 is 2.57 bits per heavy atom. The zero-order chi connectivity index (χ0) is 15.4. The van der Waals surface area contributed by atoms with Gasteiger partial charge in [0.15, 0.2) is 5.69 Å². The van der Waals surface area contributed by atoms with Gasteiger partial charge in [0.25, 0.3) is 5.91 Å². The van der Waals surface area contributed by atoms with E-state index >= 15 is 0 Å². The van der Waals surface area contributed by atoms with Crippen LogP contribution in [-0.4, -0.2) is 28.7 Å². The Labute approximate surface area is 122 Å². The summed E-state index contributed by atoms with van der Waals surface area (Å²) in [5.74, 6) is -0.804. The molecule has 6 nitrogen and oxygen atoms in total. The Kier molecular flexibility index (Phi) is 4.37. The van der Waals surface area contributed by atoms with E-state index in [0.717, 1.165) is 5.56 Å². The van der Waals surface area contributed by atoms with Gasteiger partial charge in [-0.3, -0.25) is 9.59 Å². The molecular formula is C15H16N2O4. The summed E-state index contributed by atoms with van der Waals surface area (Å²) in [5.41, 5.74) is 1.72. The Morgan fingerprint density at radius 1 is 1.29 bits per heavy atom. The third-order valence-electron chi connectivity index (χ3n) is 3.05. The van der Waals surface area contributed by atoms with Crippen LogP contribution in [-0.2, 0) is 4.79 Å². The fourth-order valence-corrected chi connectivity index (χ4v) is 2.01. The van der Waals surface area contributed by atoms with Crippen molar-refractivity contribution >= 4 is 17.6 Å². The van der Waals surface area contributed by atoms with Crippen LogP contribution in [0, 0.1) is 13.8 Å². The molecule has 1 heterocycles. The summed E-state index contributed by atoms with van der Waals surface area (Å²) in [5, 5.41) is 12.6. The predicted octanol–water partition coefficient (Wildman–Crippen LogP) is 2.41. The van der Waals surface area contributed by atoms with Crippen molar-refractivity contribution in [3.05, 3.63) is 47.3 Å². The molecule has 0 saturated heterocycles. The second kappa shape index (κ2) is 6.21. The molecule has 1 aromatic carbocycles. The number of carbonyl (C=O) groups excluding carboxylic acids is 1. The maximum Gasteiger partial charge on any atom is 0.305 e. The number of aromatic nitrogens is 1. The molecule has 2 aromatic rings. The molecule has 1 aromatic heterocycles. The Hall–Kier alpha value is -2.63. The highest BCUT2D eigenvalue weighted by Gasteiger charge is 2.22. The third kappa shape index (κ3) is 3.47.